The van der Waals surface area contributed by atoms with Crippen LogP contribution < -0.4 is 4.90 Å². The third-order valence-electron chi connectivity index (χ3n) is 5.65. The predicted molar refractivity (Wildman–Crippen MR) is 120 cm³/mol. The molecule has 1 aromatic heterocycles. The van der Waals surface area contributed by atoms with Crippen LogP contribution in [-0.2, 0) is 16.4 Å². The number of hydrogen-bond donors (Lipinski definition) is 0. The first-order chi connectivity index (χ1) is 14.9. The van der Waals surface area contributed by atoms with E-state index in [9.17, 15) is 18.5 Å². The van der Waals surface area contributed by atoms with E-state index in [1.165, 1.54) is 16.6 Å². The van der Waals surface area contributed by atoms with Crippen molar-refractivity contribution in [3.8, 4) is 0 Å². The minimum absolute atomic E-state index is 0.0135. The molecule has 8 nitrogen and oxygen atoms in total. The molecule has 3 aromatic rings. The minimum Gasteiger partial charge on any atom is -0.368 e. The van der Waals surface area contributed by atoms with Gasteiger partial charge >= 0.3 is 0 Å². The van der Waals surface area contributed by atoms with Gasteiger partial charge < -0.3 is 4.90 Å². The maximum Gasteiger partial charge on any atom is 0.278 e. The highest BCUT2D eigenvalue weighted by Crippen LogP contribution is 2.33. The number of non-ortho nitro benzene ring substituents is 1. The Hall–Kier alpha value is -3.04. The van der Waals surface area contributed by atoms with Crippen LogP contribution in [0.5, 0.6) is 0 Å². The molecule has 0 unspecified atom stereocenters. The summed E-state index contributed by atoms with van der Waals surface area (Å²) in [6.45, 7) is 3.80. The highest BCUT2D eigenvalue weighted by molar-refractivity contribution is 7.89. The lowest BCUT2D eigenvalue weighted by Crippen LogP contribution is -2.48. The van der Waals surface area contributed by atoms with E-state index in [1.54, 1.807) is 30.5 Å². The zero-order valence-electron chi connectivity index (χ0n) is 17.3. The fourth-order valence-corrected chi connectivity index (χ4v) is 5.45. The van der Waals surface area contributed by atoms with Crippen LogP contribution >= 0.6 is 0 Å². The molecule has 0 amide bonds. The van der Waals surface area contributed by atoms with Crippen molar-refractivity contribution < 1.29 is 13.3 Å². The monoisotopic (exact) mass is 440 g/mol. The van der Waals surface area contributed by atoms with E-state index in [0.29, 0.717) is 36.5 Å². The summed E-state index contributed by atoms with van der Waals surface area (Å²) in [5.74, 6) is 0. The van der Waals surface area contributed by atoms with Crippen molar-refractivity contribution in [1.82, 2.24) is 9.29 Å². The molecule has 162 valence electrons. The lowest BCUT2D eigenvalue weighted by molar-refractivity contribution is -0.383. The number of nitro groups is 1. The molecule has 0 saturated carbocycles. The van der Waals surface area contributed by atoms with Crippen molar-refractivity contribution in [2.75, 3.05) is 31.1 Å². The second kappa shape index (κ2) is 8.60. The Kier molecular flexibility index (Phi) is 5.88. The van der Waals surface area contributed by atoms with Crippen molar-refractivity contribution in [3.63, 3.8) is 0 Å². The number of piperazine rings is 1. The number of nitro benzene ring substituents is 1. The van der Waals surface area contributed by atoms with Gasteiger partial charge in [-0.3, -0.25) is 15.1 Å². The number of sulfonamides is 1. The van der Waals surface area contributed by atoms with Crippen molar-refractivity contribution in [1.29, 1.82) is 0 Å². The van der Waals surface area contributed by atoms with Gasteiger partial charge in [-0.05, 0) is 36.2 Å². The summed E-state index contributed by atoms with van der Waals surface area (Å²) < 4.78 is 27.6. The number of nitrogens with zero attached hydrogens (tertiary/aromatic N) is 4. The molecule has 0 radical (unpaired) electrons. The van der Waals surface area contributed by atoms with Gasteiger partial charge in [0.1, 0.15) is 0 Å². The summed E-state index contributed by atoms with van der Waals surface area (Å²) >= 11 is 0. The van der Waals surface area contributed by atoms with E-state index in [0.717, 1.165) is 29.5 Å². The molecule has 1 aliphatic heterocycles. The average molecular weight is 441 g/mol. The SMILES string of the molecule is CCCc1ccc(S(=O)(=O)N2CCN(c3ccc([N+](=O)[O-])c4cnccc34)CC2)cc1. The number of aromatic nitrogens is 1. The van der Waals surface area contributed by atoms with Gasteiger partial charge in [-0.2, -0.15) is 4.31 Å². The molecule has 2 aromatic carbocycles. The second-order valence-electron chi connectivity index (χ2n) is 7.57. The normalized spacial score (nSPS) is 15.3. The van der Waals surface area contributed by atoms with E-state index in [2.05, 4.69) is 16.8 Å². The first kappa shape index (κ1) is 21.2. The van der Waals surface area contributed by atoms with Crippen LogP contribution in [-0.4, -0.2) is 48.8 Å². The maximum absolute atomic E-state index is 13.1. The molecule has 0 spiro atoms. The molecule has 9 heteroatoms. The molecule has 0 N–H and O–H groups in total. The number of hydrogen-bond acceptors (Lipinski definition) is 6. The Bertz CT molecular complexity index is 1200. The van der Waals surface area contributed by atoms with Crippen LogP contribution in [0.3, 0.4) is 0 Å². The van der Waals surface area contributed by atoms with Gasteiger partial charge in [0.15, 0.2) is 0 Å². The van der Waals surface area contributed by atoms with E-state index in [4.69, 9.17) is 0 Å². The van der Waals surface area contributed by atoms with Gasteiger partial charge in [0.25, 0.3) is 5.69 Å². The zero-order chi connectivity index (χ0) is 22.0. The number of benzene rings is 2. The molecule has 0 atom stereocenters. The summed E-state index contributed by atoms with van der Waals surface area (Å²) in [7, 11) is -3.55. The van der Waals surface area contributed by atoms with Crippen LogP contribution in [0.1, 0.15) is 18.9 Å². The van der Waals surface area contributed by atoms with Crippen molar-refractivity contribution in [3.05, 3.63) is 70.5 Å². The topological polar surface area (TPSA) is 96.7 Å². The van der Waals surface area contributed by atoms with Gasteiger partial charge in [0.05, 0.1) is 15.2 Å². The summed E-state index contributed by atoms with van der Waals surface area (Å²) in [6.07, 6.45) is 5.05. The fraction of sp³-hybridized carbons (Fsp3) is 0.318. The summed E-state index contributed by atoms with van der Waals surface area (Å²) in [5.41, 5.74) is 1.99. The van der Waals surface area contributed by atoms with E-state index in [-0.39, 0.29) is 5.69 Å². The summed E-state index contributed by atoms with van der Waals surface area (Å²) in [5, 5.41) is 12.6. The van der Waals surface area contributed by atoms with E-state index >= 15 is 0 Å². The highest BCUT2D eigenvalue weighted by atomic mass is 32.2. The molecule has 0 bridgehead atoms. The summed E-state index contributed by atoms with van der Waals surface area (Å²) in [4.78, 5) is 17.3. The van der Waals surface area contributed by atoms with Gasteiger partial charge in [-0.25, -0.2) is 8.42 Å². The lowest BCUT2D eigenvalue weighted by Gasteiger charge is -2.35. The minimum atomic E-state index is -3.55. The van der Waals surface area contributed by atoms with Crippen LogP contribution in [0.4, 0.5) is 11.4 Å². The molecule has 1 aliphatic rings. The van der Waals surface area contributed by atoms with Crippen LogP contribution in [0, 0.1) is 10.1 Å². The van der Waals surface area contributed by atoms with Crippen LogP contribution in [0.2, 0.25) is 0 Å². The number of rotatable bonds is 6. The third-order valence-corrected chi connectivity index (χ3v) is 7.56. The second-order valence-corrected chi connectivity index (χ2v) is 9.51. The third kappa shape index (κ3) is 4.11. The fourth-order valence-electron chi connectivity index (χ4n) is 4.03. The molecular weight excluding hydrogens is 416 g/mol. The molecule has 1 fully saturated rings. The largest absolute Gasteiger partial charge is 0.368 e. The molecular formula is C22H24N4O4S. The highest BCUT2D eigenvalue weighted by Gasteiger charge is 2.29. The Morgan fingerprint density at radius 3 is 2.35 bits per heavy atom. The Morgan fingerprint density at radius 2 is 1.71 bits per heavy atom. The number of aryl methyl sites for hydroxylation is 1. The standard InChI is InChI=1S/C22H24N4O4S/c1-2-3-17-4-6-18(7-5-17)31(29,30)25-14-12-24(13-15-25)21-8-9-22(26(27)28)20-16-23-11-10-19(20)21/h4-11,16H,2-3,12-15H2,1H3. The number of fused-ring (bicyclic) bond motifs is 1. The molecule has 4 rings (SSSR count). The number of pyridine rings is 1. The van der Waals surface area contributed by atoms with Crippen molar-refractivity contribution >= 4 is 32.2 Å². The Morgan fingerprint density at radius 1 is 1.00 bits per heavy atom. The Balaban J connectivity index is 1.54. The van der Waals surface area contributed by atoms with Gasteiger partial charge in [0.2, 0.25) is 10.0 Å². The van der Waals surface area contributed by atoms with Crippen LogP contribution in [0.25, 0.3) is 10.8 Å². The Labute approximate surface area is 181 Å². The van der Waals surface area contributed by atoms with Gasteiger partial charge in [0, 0.05) is 55.7 Å². The quantitative estimate of drug-likeness (QED) is 0.429. The maximum atomic E-state index is 13.1. The smallest absolute Gasteiger partial charge is 0.278 e. The lowest BCUT2D eigenvalue weighted by atomic mass is 10.1. The van der Waals surface area contributed by atoms with E-state index in [1.807, 2.05) is 12.1 Å². The summed E-state index contributed by atoms with van der Waals surface area (Å²) in [6, 6.07) is 12.1. The molecule has 0 aliphatic carbocycles. The first-order valence-corrected chi connectivity index (χ1v) is 11.7. The van der Waals surface area contributed by atoms with Crippen LogP contribution in [0.15, 0.2) is 59.8 Å². The van der Waals surface area contributed by atoms with Crippen molar-refractivity contribution in [2.45, 2.75) is 24.7 Å². The van der Waals surface area contributed by atoms with Crippen molar-refractivity contribution in [2.24, 2.45) is 0 Å². The predicted octanol–water partition coefficient (Wildman–Crippen LogP) is 3.61. The molecule has 2 heterocycles. The van der Waals surface area contributed by atoms with E-state index < -0.39 is 14.9 Å². The van der Waals surface area contributed by atoms with Gasteiger partial charge in [-0.15, -0.1) is 0 Å². The zero-order valence-corrected chi connectivity index (χ0v) is 18.1. The number of anilines is 1. The average Bonchev–Trinajstić information content (AvgIpc) is 2.79. The molecule has 31 heavy (non-hydrogen) atoms. The van der Waals surface area contributed by atoms with Gasteiger partial charge in [-0.1, -0.05) is 25.5 Å². The molecule has 1 saturated heterocycles. The first-order valence-electron chi connectivity index (χ1n) is 10.3.